The van der Waals surface area contributed by atoms with Crippen molar-refractivity contribution in [3.8, 4) is 0 Å². The third-order valence-corrected chi connectivity index (χ3v) is 3.13. The van der Waals surface area contributed by atoms with E-state index in [1.54, 1.807) is 0 Å². The molecule has 0 bridgehead atoms. The van der Waals surface area contributed by atoms with Crippen LogP contribution in [0, 0.1) is 13.8 Å². The lowest BCUT2D eigenvalue weighted by Gasteiger charge is -2.20. The SMILES string of the molecule is Cc1ccc(CNCC(C)N(C)C)c(C)c1. The summed E-state index contributed by atoms with van der Waals surface area (Å²) >= 11 is 0. The fourth-order valence-corrected chi connectivity index (χ4v) is 1.64. The van der Waals surface area contributed by atoms with Gasteiger partial charge in [0, 0.05) is 19.1 Å². The van der Waals surface area contributed by atoms with Gasteiger partial charge in [-0.1, -0.05) is 23.8 Å². The normalized spacial score (nSPS) is 13.1. The van der Waals surface area contributed by atoms with Crippen LogP contribution in [0.15, 0.2) is 18.2 Å². The molecule has 2 heteroatoms. The molecule has 1 rings (SSSR count). The molecule has 0 saturated heterocycles. The Balaban J connectivity index is 2.43. The Labute approximate surface area is 99.7 Å². The zero-order valence-corrected chi connectivity index (χ0v) is 11.2. The van der Waals surface area contributed by atoms with Gasteiger partial charge in [-0.05, 0) is 46.0 Å². The van der Waals surface area contributed by atoms with Crippen molar-refractivity contribution in [1.29, 1.82) is 0 Å². The predicted molar refractivity (Wildman–Crippen MR) is 70.8 cm³/mol. The van der Waals surface area contributed by atoms with Gasteiger partial charge in [-0.2, -0.15) is 0 Å². The molecule has 1 atom stereocenters. The number of nitrogens with zero attached hydrogens (tertiary/aromatic N) is 1. The number of hydrogen-bond donors (Lipinski definition) is 1. The lowest BCUT2D eigenvalue weighted by atomic mass is 10.1. The van der Waals surface area contributed by atoms with Crippen LogP contribution in [0.2, 0.25) is 0 Å². The summed E-state index contributed by atoms with van der Waals surface area (Å²) in [6.45, 7) is 8.54. The predicted octanol–water partition coefficient (Wildman–Crippen LogP) is 2.34. The molecule has 1 aromatic carbocycles. The molecular weight excluding hydrogens is 196 g/mol. The highest BCUT2D eigenvalue weighted by molar-refractivity contribution is 5.30. The maximum absolute atomic E-state index is 3.50. The standard InChI is InChI=1S/C14H24N2/c1-11-6-7-14(12(2)8-11)10-15-9-13(3)16(4)5/h6-8,13,15H,9-10H2,1-5H3. The van der Waals surface area contributed by atoms with E-state index >= 15 is 0 Å². The van der Waals surface area contributed by atoms with Gasteiger partial charge >= 0.3 is 0 Å². The molecule has 0 radical (unpaired) electrons. The average molecular weight is 220 g/mol. The van der Waals surface area contributed by atoms with Crippen molar-refractivity contribution < 1.29 is 0 Å². The molecule has 1 aromatic rings. The fourth-order valence-electron chi connectivity index (χ4n) is 1.64. The minimum Gasteiger partial charge on any atom is -0.311 e. The van der Waals surface area contributed by atoms with Gasteiger partial charge in [-0.15, -0.1) is 0 Å². The van der Waals surface area contributed by atoms with Crippen LogP contribution >= 0.6 is 0 Å². The van der Waals surface area contributed by atoms with Crippen LogP contribution < -0.4 is 5.32 Å². The van der Waals surface area contributed by atoms with Crippen LogP contribution in [0.5, 0.6) is 0 Å². The van der Waals surface area contributed by atoms with Crippen LogP contribution in [0.3, 0.4) is 0 Å². The Morgan fingerprint density at radius 1 is 1.25 bits per heavy atom. The minimum absolute atomic E-state index is 0.575. The zero-order chi connectivity index (χ0) is 12.1. The number of aryl methyl sites for hydroxylation is 2. The maximum Gasteiger partial charge on any atom is 0.0208 e. The molecular formula is C14H24N2. The van der Waals surface area contributed by atoms with Crippen LogP contribution in [0.25, 0.3) is 0 Å². The topological polar surface area (TPSA) is 15.3 Å². The smallest absolute Gasteiger partial charge is 0.0208 e. The molecule has 16 heavy (non-hydrogen) atoms. The second kappa shape index (κ2) is 6.02. The largest absolute Gasteiger partial charge is 0.311 e. The molecule has 0 spiro atoms. The first-order valence-corrected chi connectivity index (χ1v) is 5.94. The van der Waals surface area contributed by atoms with Gasteiger partial charge in [-0.3, -0.25) is 0 Å². The fraction of sp³-hybridized carbons (Fsp3) is 0.571. The molecule has 0 saturated carbocycles. The van der Waals surface area contributed by atoms with E-state index in [2.05, 4.69) is 63.3 Å². The molecule has 0 aliphatic carbocycles. The lowest BCUT2D eigenvalue weighted by Crippen LogP contribution is -2.35. The highest BCUT2D eigenvalue weighted by atomic mass is 15.1. The van der Waals surface area contributed by atoms with Crippen LogP contribution in [0.4, 0.5) is 0 Å². The molecule has 1 unspecified atom stereocenters. The van der Waals surface area contributed by atoms with Crippen LogP contribution in [-0.2, 0) is 6.54 Å². The first-order chi connectivity index (χ1) is 7.50. The summed E-state index contributed by atoms with van der Waals surface area (Å²) in [5.41, 5.74) is 4.12. The minimum atomic E-state index is 0.575. The summed E-state index contributed by atoms with van der Waals surface area (Å²) in [5, 5.41) is 3.50. The third kappa shape index (κ3) is 3.95. The van der Waals surface area contributed by atoms with Gasteiger partial charge in [-0.25, -0.2) is 0 Å². The maximum atomic E-state index is 3.50. The second-order valence-corrected chi connectivity index (χ2v) is 4.87. The summed E-state index contributed by atoms with van der Waals surface area (Å²) in [6, 6.07) is 7.22. The quantitative estimate of drug-likeness (QED) is 0.819. The van der Waals surface area contributed by atoms with Crippen LogP contribution in [-0.4, -0.2) is 31.6 Å². The molecule has 0 fully saturated rings. The zero-order valence-electron chi connectivity index (χ0n) is 11.2. The highest BCUT2D eigenvalue weighted by Gasteiger charge is 2.04. The Bertz CT molecular complexity index is 332. The van der Waals surface area contributed by atoms with Gasteiger partial charge in [0.1, 0.15) is 0 Å². The molecule has 0 aromatic heterocycles. The van der Waals surface area contributed by atoms with Crippen molar-refractivity contribution >= 4 is 0 Å². The summed E-state index contributed by atoms with van der Waals surface area (Å²) in [5.74, 6) is 0. The van der Waals surface area contributed by atoms with E-state index in [1.807, 2.05) is 0 Å². The van der Waals surface area contributed by atoms with Crippen molar-refractivity contribution in [3.05, 3.63) is 34.9 Å². The van der Waals surface area contributed by atoms with Gasteiger partial charge in [0.2, 0.25) is 0 Å². The summed E-state index contributed by atoms with van der Waals surface area (Å²) in [6.07, 6.45) is 0. The van der Waals surface area contributed by atoms with E-state index in [4.69, 9.17) is 0 Å². The van der Waals surface area contributed by atoms with Crippen molar-refractivity contribution in [1.82, 2.24) is 10.2 Å². The summed E-state index contributed by atoms with van der Waals surface area (Å²) in [7, 11) is 4.23. The van der Waals surface area contributed by atoms with Gasteiger partial charge in [0.15, 0.2) is 0 Å². The number of benzene rings is 1. The first kappa shape index (κ1) is 13.2. The Kier molecular flexibility index (Phi) is 4.97. The summed E-state index contributed by atoms with van der Waals surface area (Å²) in [4.78, 5) is 2.23. The molecule has 2 nitrogen and oxygen atoms in total. The molecule has 0 heterocycles. The highest BCUT2D eigenvalue weighted by Crippen LogP contribution is 2.09. The number of likely N-dealkylation sites (N-methyl/N-ethyl adjacent to an activating group) is 1. The van der Waals surface area contributed by atoms with E-state index in [-0.39, 0.29) is 0 Å². The van der Waals surface area contributed by atoms with Crippen molar-refractivity contribution in [3.63, 3.8) is 0 Å². The number of nitrogens with one attached hydrogen (secondary N) is 1. The van der Waals surface area contributed by atoms with E-state index in [0.29, 0.717) is 6.04 Å². The molecule has 0 aliphatic rings. The Hall–Kier alpha value is -0.860. The molecule has 0 amide bonds. The monoisotopic (exact) mass is 220 g/mol. The first-order valence-electron chi connectivity index (χ1n) is 5.94. The van der Waals surface area contributed by atoms with Gasteiger partial charge < -0.3 is 10.2 Å². The van der Waals surface area contributed by atoms with Crippen molar-refractivity contribution in [2.75, 3.05) is 20.6 Å². The van der Waals surface area contributed by atoms with E-state index in [9.17, 15) is 0 Å². The Morgan fingerprint density at radius 3 is 2.50 bits per heavy atom. The lowest BCUT2D eigenvalue weighted by molar-refractivity contribution is 0.302. The molecule has 90 valence electrons. The van der Waals surface area contributed by atoms with Crippen molar-refractivity contribution in [2.45, 2.75) is 33.4 Å². The van der Waals surface area contributed by atoms with Gasteiger partial charge in [0.25, 0.3) is 0 Å². The number of rotatable bonds is 5. The van der Waals surface area contributed by atoms with Crippen LogP contribution in [0.1, 0.15) is 23.6 Å². The summed E-state index contributed by atoms with van der Waals surface area (Å²) < 4.78 is 0. The average Bonchev–Trinajstić information content (AvgIpc) is 2.20. The number of hydrogen-bond acceptors (Lipinski definition) is 2. The van der Waals surface area contributed by atoms with E-state index < -0.39 is 0 Å². The van der Waals surface area contributed by atoms with E-state index in [1.165, 1.54) is 16.7 Å². The Morgan fingerprint density at radius 2 is 1.94 bits per heavy atom. The van der Waals surface area contributed by atoms with Gasteiger partial charge in [0.05, 0.1) is 0 Å². The molecule has 0 aliphatic heterocycles. The third-order valence-electron chi connectivity index (χ3n) is 3.13. The molecule has 1 N–H and O–H groups in total. The van der Waals surface area contributed by atoms with Crippen molar-refractivity contribution in [2.24, 2.45) is 0 Å². The van der Waals surface area contributed by atoms with E-state index in [0.717, 1.165) is 13.1 Å². The second-order valence-electron chi connectivity index (χ2n) is 4.87.